The third-order valence-corrected chi connectivity index (χ3v) is 3.59. The molecule has 1 nitrogen and oxygen atoms in total. The molecule has 0 amide bonds. The monoisotopic (exact) mass is 167 g/mol. The fourth-order valence-corrected chi connectivity index (χ4v) is 2.33. The van der Waals surface area contributed by atoms with E-state index in [4.69, 9.17) is 0 Å². The van der Waals surface area contributed by atoms with Gasteiger partial charge in [0.05, 0.1) is 0 Å². The molecule has 0 aliphatic heterocycles. The number of hydrogen-bond donors (Lipinski definition) is 1. The van der Waals surface area contributed by atoms with Crippen LogP contribution in [-0.2, 0) is 0 Å². The highest BCUT2D eigenvalue weighted by atomic mass is 15.0. The molecule has 0 saturated heterocycles. The fourth-order valence-electron chi connectivity index (χ4n) is 2.33. The summed E-state index contributed by atoms with van der Waals surface area (Å²) < 4.78 is 0. The Morgan fingerprint density at radius 3 is 1.92 bits per heavy atom. The van der Waals surface area contributed by atoms with E-state index in [1.807, 2.05) is 0 Å². The van der Waals surface area contributed by atoms with Crippen molar-refractivity contribution >= 4 is 0 Å². The molecule has 1 N–H and O–H groups in total. The zero-order valence-corrected chi connectivity index (χ0v) is 8.18. The van der Waals surface area contributed by atoms with Crippen LogP contribution in [0.4, 0.5) is 0 Å². The molecule has 0 aromatic rings. The molecule has 0 bridgehead atoms. The second-order valence-corrected chi connectivity index (χ2v) is 4.75. The largest absolute Gasteiger partial charge is 0.311 e. The van der Waals surface area contributed by atoms with Crippen LogP contribution in [0.2, 0.25) is 0 Å². The molecule has 1 heteroatoms. The lowest BCUT2D eigenvalue weighted by Crippen LogP contribution is -2.43. The summed E-state index contributed by atoms with van der Waals surface area (Å²) in [7, 11) is 0. The van der Waals surface area contributed by atoms with Crippen molar-refractivity contribution in [1.29, 1.82) is 0 Å². The highest BCUT2D eigenvalue weighted by molar-refractivity contribution is 4.83. The molecule has 0 radical (unpaired) electrons. The average molecular weight is 167 g/mol. The maximum Gasteiger partial charge on any atom is 0.00698 e. The SMILES string of the molecule is C[C@H]1CC[C@H](NC2CCC2)CC1. The van der Waals surface area contributed by atoms with E-state index in [9.17, 15) is 0 Å². The minimum Gasteiger partial charge on any atom is -0.311 e. The molecule has 2 aliphatic rings. The fraction of sp³-hybridized carbons (Fsp3) is 1.00. The molecule has 0 atom stereocenters. The Bertz CT molecular complexity index is 132. The van der Waals surface area contributed by atoms with Gasteiger partial charge in [0.2, 0.25) is 0 Å². The first-order valence-corrected chi connectivity index (χ1v) is 5.60. The normalized spacial score (nSPS) is 37.8. The van der Waals surface area contributed by atoms with E-state index in [1.165, 1.54) is 44.9 Å². The Hall–Kier alpha value is -0.0400. The molecule has 0 unspecified atom stereocenters. The Morgan fingerprint density at radius 1 is 0.833 bits per heavy atom. The molecule has 0 spiro atoms. The quantitative estimate of drug-likeness (QED) is 0.667. The predicted molar refractivity (Wildman–Crippen MR) is 52.2 cm³/mol. The van der Waals surface area contributed by atoms with E-state index in [0.29, 0.717) is 0 Å². The zero-order valence-electron chi connectivity index (χ0n) is 8.18. The molecule has 0 heterocycles. The maximum absolute atomic E-state index is 3.78. The Kier molecular flexibility index (Phi) is 2.69. The summed E-state index contributed by atoms with van der Waals surface area (Å²) in [6.07, 6.45) is 10.1. The van der Waals surface area contributed by atoms with E-state index in [-0.39, 0.29) is 0 Å². The minimum absolute atomic E-state index is 0.867. The maximum atomic E-state index is 3.78. The van der Waals surface area contributed by atoms with E-state index in [2.05, 4.69) is 12.2 Å². The summed E-state index contributed by atoms with van der Waals surface area (Å²) >= 11 is 0. The van der Waals surface area contributed by atoms with Gasteiger partial charge in [0.15, 0.2) is 0 Å². The van der Waals surface area contributed by atoms with E-state index in [0.717, 1.165) is 18.0 Å². The summed E-state index contributed by atoms with van der Waals surface area (Å²) in [5, 5.41) is 3.78. The number of hydrogen-bond acceptors (Lipinski definition) is 1. The van der Waals surface area contributed by atoms with Crippen LogP contribution in [0.1, 0.15) is 51.9 Å². The lowest BCUT2D eigenvalue weighted by molar-refractivity contribution is 0.242. The van der Waals surface area contributed by atoms with Crippen LogP contribution in [0.5, 0.6) is 0 Å². The van der Waals surface area contributed by atoms with Crippen molar-refractivity contribution in [3.8, 4) is 0 Å². The van der Waals surface area contributed by atoms with Gasteiger partial charge in [-0.1, -0.05) is 13.3 Å². The Labute approximate surface area is 75.9 Å². The van der Waals surface area contributed by atoms with E-state index in [1.54, 1.807) is 0 Å². The number of rotatable bonds is 2. The van der Waals surface area contributed by atoms with Gasteiger partial charge in [-0.15, -0.1) is 0 Å². The zero-order chi connectivity index (χ0) is 8.39. The van der Waals surface area contributed by atoms with Crippen LogP contribution in [0, 0.1) is 5.92 Å². The van der Waals surface area contributed by atoms with Crippen molar-refractivity contribution < 1.29 is 0 Å². The van der Waals surface area contributed by atoms with Crippen molar-refractivity contribution in [1.82, 2.24) is 5.32 Å². The molecular formula is C11H21N. The van der Waals surface area contributed by atoms with Gasteiger partial charge < -0.3 is 5.32 Å². The van der Waals surface area contributed by atoms with E-state index < -0.39 is 0 Å². The minimum atomic E-state index is 0.867. The summed E-state index contributed by atoms with van der Waals surface area (Å²) in [6.45, 7) is 2.39. The predicted octanol–water partition coefficient (Wildman–Crippen LogP) is 2.71. The lowest BCUT2D eigenvalue weighted by Gasteiger charge is -2.34. The van der Waals surface area contributed by atoms with Gasteiger partial charge in [-0.2, -0.15) is 0 Å². The Balaban J connectivity index is 1.67. The first-order chi connectivity index (χ1) is 5.84. The van der Waals surface area contributed by atoms with Gasteiger partial charge >= 0.3 is 0 Å². The van der Waals surface area contributed by atoms with Gasteiger partial charge in [0.25, 0.3) is 0 Å². The third-order valence-electron chi connectivity index (χ3n) is 3.59. The van der Waals surface area contributed by atoms with Crippen LogP contribution in [-0.4, -0.2) is 12.1 Å². The highest BCUT2D eigenvalue weighted by Crippen LogP contribution is 2.26. The molecule has 0 aromatic heterocycles. The van der Waals surface area contributed by atoms with Gasteiger partial charge in [0, 0.05) is 12.1 Å². The standard InChI is InChI=1S/C11H21N/c1-9-5-7-11(8-6-9)12-10-3-2-4-10/h9-12H,2-8H2,1H3/t9-,11-. The Morgan fingerprint density at radius 2 is 1.42 bits per heavy atom. The highest BCUT2D eigenvalue weighted by Gasteiger charge is 2.23. The van der Waals surface area contributed by atoms with Gasteiger partial charge in [-0.3, -0.25) is 0 Å². The molecule has 12 heavy (non-hydrogen) atoms. The van der Waals surface area contributed by atoms with Crippen molar-refractivity contribution in [2.24, 2.45) is 5.92 Å². The summed E-state index contributed by atoms with van der Waals surface area (Å²) in [5.74, 6) is 0.990. The third kappa shape index (κ3) is 2.01. The van der Waals surface area contributed by atoms with Crippen LogP contribution >= 0.6 is 0 Å². The van der Waals surface area contributed by atoms with Gasteiger partial charge in [-0.25, -0.2) is 0 Å². The topological polar surface area (TPSA) is 12.0 Å². The molecule has 2 saturated carbocycles. The second-order valence-electron chi connectivity index (χ2n) is 4.75. The van der Waals surface area contributed by atoms with Crippen LogP contribution < -0.4 is 5.32 Å². The van der Waals surface area contributed by atoms with Crippen LogP contribution in [0.15, 0.2) is 0 Å². The molecule has 2 aliphatic carbocycles. The molecule has 70 valence electrons. The van der Waals surface area contributed by atoms with Crippen molar-refractivity contribution in [2.45, 2.75) is 64.0 Å². The lowest BCUT2D eigenvalue weighted by atomic mass is 9.85. The molecular weight excluding hydrogens is 146 g/mol. The summed E-state index contributed by atoms with van der Waals surface area (Å²) in [5.41, 5.74) is 0. The summed E-state index contributed by atoms with van der Waals surface area (Å²) in [4.78, 5) is 0. The van der Waals surface area contributed by atoms with Gasteiger partial charge in [0.1, 0.15) is 0 Å². The smallest absolute Gasteiger partial charge is 0.00698 e. The average Bonchev–Trinajstić information content (AvgIpc) is 2.00. The van der Waals surface area contributed by atoms with Gasteiger partial charge in [-0.05, 0) is 44.4 Å². The number of nitrogens with one attached hydrogen (secondary N) is 1. The first kappa shape index (κ1) is 8.55. The van der Waals surface area contributed by atoms with Crippen molar-refractivity contribution in [2.75, 3.05) is 0 Å². The molecule has 0 aromatic carbocycles. The van der Waals surface area contributed by atoms with Crippen molar-refractivity contribution in [3.05, 3.63) is 0 Å². The van der Waals surface area contributed by atoms with Crippen LogP contribution in [0.3, 0.4) is 0 Å². The van der Waals surface area contributed by atoms with Crippen molar-refractivity contribution in [3.63, 3.8) is 0 Å². The molecule has 2 fully saturated rings. The summed E-state index contributed by atoms with van der Waals surface area (Å²) in [6, 6.07) is 1.76. The van der Waals surface area contributed by atoms with Crippen LogP contribution in [0.25, 0.3) is 0 Å². The van der Waals surface area contributed by atoms with E-state index >= 15 is 0 Å². The second kappa shape index (κ2) is 3.78. The first-order valence-electron chi connectivity index (χ1n) is 5.60. The molecule has 2 rings (SSSR count).